The highest BCUT2D eigenvalue weighted by Gasteiger charge is 2.28. The molecule has 0 unspecified atom stereocenters. The highest BCUT2D eigenvalue weighted by Crippen LogP contribution is 2.18. The van der Waals surface area contributed by atoms with E-state index in [1.165, 1.54) is 0 Å². The summed E-state index contributed by atoms with van der Waals surface area (Å²) in [4.78, 5) is 27.9. The Morgan fingerprint density at radius 1 is 1.10 bits per heavy atom. The van der Waals surface area contributed by atoms with Crippen LogP contribution in [0.25, 0.3) is 10.9 Å². The molecule has 3 amide bonds. The van der Waals surface area contributed by atoms with E-state index in [9.17, 15) is 18.0 Å². The van der Waals surface area contributed by atoms with E-state index in [-0.39, 0.29) is 23.5 Å². The Bertz CT molecular complexity index is 1220. The number of hydrogen-bond acceptors (Lipinski definition) is 4. The Morgan fingerprint density at radius 2 is 1.94 bits per heavy atom. The second kappa shape index (κ2) is 8.81. The van der Waals surface area contributed by atoms with Crippen LogP contribution in [0, 0.1) is 0 Å². The summed E-state index contributed by atoms with van der Waals surface area (Å²) in [7, 11) is -3.07. The van der Waals surface area contributed by atoms with Crippen LogP contribution in [0.4, 0.5) is 10.5 Å². The van der Waals surface area contributed by atoms with Gasteiger partial charge in [-0.05, 0) is 42.7 Å². The molecule has 4 N–H and O–H groups in total. The lowest BCUT2D eigenvalue weighted by atomic mass is 10.1. The molecule has 2 heterocycles. The lowest BCUT2D eigenvalue weighted by molar-refractivity contribution is 0.0954. The van der Waals surface area contributed by atoms with Gasteiger partial charge in [-0.25, -0.2) is 13.2 Å². The number of sulfone groups is 1. The predicted molar refractivity (Wildman–Crippen MR) is 120 cm³/mol. The largest absolute Gasteiger partial charge is 0.361 e. The van der Waals surface area contributed by atoms with E-state index in [2.05, 4.69) is 20.9 Å². The van der Waals surface area contributed by atoms with Gasteiger partial charge in [0.15, 0.2) is 9.84 Å². The molecule has 1 aromatic heterocycles. The molecule has 3 aromatic rings. The van der Waals surface area contributed by atoms with Gasteiger partial charge in [-0.2, -0.15) is 0 Å². The molecule has 0 aliphatic carbocycles. The number of carbonyl (C=O) groups is 2. The molecular formula is C22H24N4O4S. The summed E-state index contributed by atoms with van der Waals surface area (Å²) >= 11 is 0. The average molecular weight is 441 g/mol. The topological polar surface area (TPSA) is 120 Å². The van der Waals surface area contributed by atoms with Crippen LogP contribution < -0.4 is 16.0 Å². The van der Waals surface area contributed by atoms with Crippen molar-refractivity contribution < 1.29 is 18.0 Å². The van der Waals surface area contributed by atoms with E-state index in [0.717, 1.165) is 16.5 Å². The zero-order chi connectivity index (χ0) is 21.8. The third-order valence-electron chi connectivity index (χ3n) is 5.31. The van der Waals surface area contributed by atoms with Crippen molar-refractivity contribution in [2.45, 2.75) is 18.9 Å². The van der Waals surface area contributed by atoms with Crippen LogP contribution in [0.5, 0.6) is 0 Å². The summed E-state index contributed by atoms with van der Waals surface area (Å²) in [6.07, 6.45) is 3.06. The van der Waals surface area contributed by atoms with Crippen LogP contribution in [-0.4, -0.2) is 49.4 Å². The number of aromatic amines is 1. The van der Waals surface area contributed by atoms with Crippen LogP contribution >= 0.6 is 0 Å². The Balaban J connectivity index is 1.30. The van der Waals surface area contributed by atoms with Gasteiger partial charge in [0, 0.05) is 40.9 Å². The maximum absolute atomic E-state index is 12.5. The van der Waals surface area contributed by atoms with Gasteiger partial charge in [0.2, 0.25) is 0 Å². The van der Waals surface area contributed by atoms with E-state index in [4.69, 9.17) is 0 Å². The van der Waals surface area contributed by atoms with Gasteiger partial charge in [-0.3, -0.25) is 4.79 Å². The Morgan fingerprint density at radius 3 is 2.74 bits per heavy atom. The SMILES string of the molecule is O=C(Nc1cccc(C(=O)NCCc2c[nH]c3ccccc23)c1)N[C@H]1CCS(=O)(=O)C1. The van der Waals surface area contributed by atoms with Gasteiger partial charge in [0.1, 0.15) is 0 Å². The smallest absolute Gasteiger partial charge is 0.319 e. The van der Waals surface area contributed by atoms with Gasteiger partial charge >= 0.3 is 6.03 Å². The number of rotatable bonds is 6. The van der Waals surface area contributed by atoms with Crippen LogP contribution in [0.1, 0.15) is 22.3 Å². The van der Waals surface area contributed by atoms with E-state index < -0.39 is 15.9 Å². The summed E-state index contributed by atoms with van der Waals surface area (Å²) in [5.74, 6) is -0.184. The molecule has 8 nitrogen and oxygen atoms in total. The van der Waals surface area contributed by atoms with Gasteiger partial charge in [0.05, 0.1) is 11.5 Å². The fourth-order valence-corrected chi connectivity index (χ4v) is 5.42. The average Bonchev–Trinajstić information content (AvgIpc) is 3.30. The minimum atomic E-state index is -3.07. The number of urea groups is 1. The van der Waals surface area contributed by atoms with Gasteiger partial charge in [0.25, 0.3) is 5.91 Å². The lowest BCUT2D eigenvalue weighted by Crippen LogP contribution is -2.38. The van der Waals surface area contributed by atoms with E-state index in [1.54, 1.807) is 24.3 Å². The first-order valence-corrected chi connectivity index (χ1v) is 11.9. The fraction of sp³-hybridized carbons (Fsp3) is 0.273. The molecule has 1 aliphatic heterocycles. The van der Waals surface area contributed by atoms with Crippen molar-refractivity contribution in [3.63, 3.8) is 0 Å². The number of hydrogen-bond donors (Lipinski definition) is 4. The predicted octanol–water partition coefficient (Wildman–Crippen LogP) is 2.45. The highest BCUT2D eigenvalue weighted by atomic mass is 32.2. The normalized spacial score (nSPS) is 17.4. The Hall–Kier alpha value is -3.33. The van der Waals surface area contributed by atoms with Crippen LogP contribution in [0.15, 0.2) is 54.7 Å². The minimum absolute atomic E-state index is 0.0424. The summed E-state index contributed by atoms with van der Waals surface area (Å²) in [6.45, 7) is 0.481. The highest BCUT2D eigenvalue weighted by molar-refractivity contribution is 7.91. The number of fused-ring (bicyclic) bond motifs is 1. The quantitative estimate of drug-likeness (QED) is 0.471. The maximum atomic E-state index is 12.5. The fourth-order valence-electron chi connectivity index (χ4n) is 3.75. The maximum Gasteiger partial charge on any atom is 0.319 e. The van der Waals surface area contributed by atoms with Crippen LogP contribution in [0.2, 0.25) is 0 Å². The second-order valence-corrected chi connectivity index (χ2v) is 9.87. The number of carbonyl (C=O) groups excluding carboxylic acids is 2. The van der Waals surface area contributed by atoms with Crippen LogP contribution in [-0.2, 0) is 16.3 Å². The third kappa shape index (κ3) is 5.24. The molecule has 1 atom stereocenters. The number of amides is 3. The van der Waals surface area contributed by atoms with Crippen molar-refractivity contribution in [2.24, 2.45) is 0 Å². The number of aromatic nitrogens is 1. The summed E-state index contributed by atoms with van der Waals surface area (Å²) in [6, 6.07) is 13.8. The molecule has 1 saturated heterocycles. The van der Waals surface area contributed by atoms with Crippen molar-refractivity contribution in [1.29, 1.82) is 0 Å². The van der Waals surface area contributed by atoms with Crippen LogP contribution in [0.3, 0.4) is 0 Å². The van der Waals surface area contributed by atoms with Gasteiger partial charge < -0.3 is 20.9 Å². The van der Waals surface area contributed by atoms with E-state index in [1.807, 2.05) is 30.5 Å². The number of anilines is 1. The molecule has 0 bridgehead atoms. The molecular weight excluding hydrogens is 416 g/mol. The summed E-state index contributed by atoms with van der Waals surface area (Å²) < 4.78 is 23.0. The Kier molecular flexibility index (Phi) is 5.94. The zero-order valence-corrected chi connectivity index (χ0v) is 17.7. The molecule has 1 aliphatic rings. The monoisotopic (exact) mass is 440 g/mol. The van der Waals surface area contributed by atoms with Crippen molar-refractivity contribution in [1.82, 2.24) is 15.6 Å². The summed E-state index contributed by atoms with van der Waals surface area (Å²) in [5.41, 5.74) is 3.09. The number of para-hydroxylation sites is 1. The van der Waals surface area contributed by atoms with Gasteiger partial charge in [-0.1, -0.05) is 24.3 Å². The van der Waals surface area contributed by atoms with Crippen molar-refractivity contribution in [3.05, 3.63) is 65.9 Å². The number of H-pyrrole nitrogens is 1. The summed E-state index contributed by atoms with van der Waals surface area (Å²) in [5, 5.41) is 9.37. The molecule has 1 fully saturated rings. The molecule has 0 spiro atoms. The first-order valence-electron chi connectivity index (χ1n) is 10.1. The standard InChI is InChI=1S/C22H24N4O4S/c27-21(23-10-8-16-13-24-20-7-2-1-6-19(16)20)15-4-3-5-17(12-15)25-22(28)26-18-9-11-31(29,30)14-18/h1-7,12-13,18,24H,8-11,14H2,(H,23,27)(H2,25,26,28)/t18-/m0/s1. The lowest BCUT2D eigenvalue weighted by Gasteiger charge is -2.13. The van der Waals surface area contributed by atoms with Crippen molar-refractivity contribution in [2.75, 3.05) is 23.4 Å². The molecule has 9 heteroatoms. The third-order valence-corrected chi connectivity index (χ3v) is 7.07. The molecule has 162 valence electrons. The van der Waals surface area contributed by atoms with Crippen molar-refractivity contribution >= 4 is 38.4 Å². The molecule has 0 saturated carbocycles. The first kappa shape index (κ1) is 20.9. The minimum Gasteiger partial charge on any atom is -0.361 e. The molecule has 31 heavy (non-hydrogen) atoms. The molecule has 0 radical (unpaired) electrons. The second-order valence-electron chi connectivity index (χ2n) is 7.64. The number of nitrogens with one attached hydrogen (secondary N) is 4. The van der Waals surface area contributed by atoms with E-state index >= 15 is 0 Å². The number of benzene rings is 2. The van der Waals surface area contributed by atoms with E-state index in [0.29, 0.717) is 30.6 Å². The van der Waals surface area contributed by atoms with Crippen molar-refractivity contribution in [3.8, 4) is 0 Å². The van der Waals surface area contributed by atoms with Gasteiger partial charge in [-0.15, -0.1) is 0 Å². The zero-order valence-electron chi connectivity index (χ0n) is 16.9. The first-order chi connectivity index (χ1) is 14.9. The molecule has 4 rings (SSSR count). The Labute approximate surface area is 180 Å². The molecule has 2 aromatic carbocycles.